The highest BCUT2D eigenvalue weighted by molar-refractivity contribution is 5.96. The van der Waals surface area contributed by atoms with E-state index in [0.717, 1.165) is 30.8 Å². The molecule has 0 spiro atoms. The number of anilines is 2. The third-order valence-electron chi connectivity index (χ3n) is 4.15. The zero-order valence-corrected chi connectivity index (χ0v) is 13.2. The number of likely N-dealkylation sites (tertiary alicyclic amines) is 1. The molecule has 116 valence electrons. The van der Waals surface area contributed by atoms with Crippen LogP contribution in [0.2, 0.25) is 0 Å². The number of nitrogens with two attached hydrogens (primary N) is 1. The van der Waals surface area contributed by atoms with Crippen LogP contribution in [-0.2, 0) is 4.79 Å². The molecule has 0 aliphatic carbocycles. The number of benzene rings is 1. The predicted molar refractivity (Wildman–Crippen MR) is 87.4 cm³/mol. The molecule has 2 rings (SSSR count). The number of nitrogens with one attached hydrogen (secondary N) is 1. The van der Waals surface area contributed by atoms with E-state index >= 15 is 0 Å². The number of hydrogen-bond donors (Lipinski definition) is 2. The van der Waals surface area contributed by atoms with Gasteiger partial charge in [-0.25, -0.2) is 0 Å². The Hall–Kier alpha value is -1.59. The Labute approximate surface area is 127 Å². The summed E-state index contributed by atoms with van der Waals surface area (Å²) in [7, 11) is 4.20. The van der Waals surface area contributed by atoms with Gasteiger partial charge in [-0.2, -0.15) is 0 Å². The van der Waals surface area contributed by atoms with Gasteiger partial charge in [0, 0.05) is 12.6 Å². The number of amides is 1. The van der Waals surface area contributed by atoms with E-state index < -0.39 is 0 Å². The van der Waals surface area contributed by atoms with Crippen LogP contribution in [0.4, 0.5) is 11.4 Å². The van der Waals surface area contributed by atoms with Crippen molar-refractivity contribution in [3.63, 3.8) is 0 Å². The molecule has 1 heterocycles. The molecule has 1 fully saturated rings. The lowest BCUT2D eigenvalue weighted by Crippen LogP contribution is -2.47. The Bertz CT molecular complexity index is 481. The monoisotopic (exact) mass is 290 g/mol. The van der Waals surface area contributed by atoms with Crippen molar-refractivity contribution in [2.24, 2.45) is 0 Å². The smallest absolute Gasteiger partial charge is 0.238 e. The van der Waals surface area contributed by atoms with Gasteiger partial charge in [-0.3, -0.25) is 9.69 Å². The van der Waals surface area contributed by atoms with Crippen LogP contribution < -0.4 is 11.1 Å². The first-order valence-electron chi connectivity index (χ1n) is 7.51. The molecule has 1 aliphatic heterocycles. The third-order valence-corrected chi connectivity index (χ3v) is 4.15. The Morgan fingerprint density at radius 1 is 1.48 bits per heavy atom. The van der Waals surface area contributed by atoms with Crippen molar-refractivity contribution in [3.05, 3.63) is 23.8 Å². The summed E-state index contributed by atoms with van der Waals surface area (Å²) in [4.78, 5) is 16.7. The lowest BCUT2D eigenvalue weighted by Gasteiger charge is -2.35. The molecule has 0 bridgehead atoms. The summed E-state index contributed by atoms with van der Waals surface area (Å²) in [6.45, 7) is 4.32. The Balaban J connectivity index is 1.93. The number of aryl methyl sites for hydroxylation is 1. The van der Waals surface area contributed by atoms with Crippen LogP contribution in [0.25, 0.3) is 0 Å². The Kier molecular flexibility index (Phi) is 5.20. The minimum absolute atomic E-state index is 0.00964. The van der Waals surface area contributed by atoms with E-state index in [0.29, 0.717) is 18.3 Å². The molecular formula is C16H26N4O. The predicted octanol–water partition coefficient (Wildman–Crippen LogP) is 1.54. The van der Waals surface area contributed by atoms with E-state index in [2.05, 4.69) is 29.2 Å². The van der Waals surface area contributed by atoms with E-state index in [-0.39, 0.29) is 5.91 Å². The number of nitrogens with zero attached hydrogens (tertiary/aromatic N) is 2. The number of para-hydroxylation sites is 1. The fourth-order valence-electron chi connectivity index (χ4n) is 2.84. The van der Waals surface area contributed by atoms with Gasteiger partial charge < -0.3 is 16.0 Å². The molecule has 5 nitrogen and oxygen atoms in total. The van der Waals surface area contributed by atoms with Crippen molar-refractivity contribution in [2.75, 3.05) is 44.8 Å². The van der Waals surface area contributed by atoms with Gasteiger partial charge in [0.1, 0.15) is 0 Å². The maximum Gasteiger partial charge on any atom is 0.238 e. The molecule has 1 saturated heterocycles. The van der Waals surface area contributed by atoms with Gasteiger partial charge in [-0.05, 0) is 52.0 Å². The zero-order chi connectivity index (χ0) is 15.4. The summed E-state index contributed by atoms with van der Waals surface area (Å²) >= 11 is 0. The number of carbonyl (C=O) groups is 1. The summed E-state index contributed by atoms with van der Waals surface area (Å²) in [5.41, 5.74) is 8.28. The lowest BCUT2D eigenvalue weighted by molar-refractivity contribution is -0.117. The lowest BCUT2D eigenvalue weighted by atomic mass is 10.1. The van der Waals surface area contributed by atoms with E-state index in [1.165, 1.54) is 6.42 Å². The van der Waals surface area contributed by atoms with Gasteiger partial charge in [-0.15, -0.1) is 0 Å². The van der Waals surface area contributed by atoms with Crippen LogP contribution in [0.5, 0.6) is 0 Å². The maximum absolute atomic E-state index is 12.2. The topological polar surface area (TPSA) is 61.6 Å². The van der Waals surface area contributed by atoms with E-state index in [1.807, 2.05) is 25.1 Å². The minimum Gasteiger partial charge on any atom is -0.397 e. The first-order valence-corrected chi connectivity index (χ1v) is 7.51. The van der Waals surface area contributed by atoms with E-state index in [9.17, 15) is 4.79 Å². The van der Waals surface area contributed by atoms with Gasteiger partial charge in [0.2, 0.25) is 5.91 Å². The van der Waals surface area contributed by atoms with Gasteiger partial charge >= 0.3 is 0 Å². The number of carbonyl (C=O) groups excluding carboxylic acids is 1. The summed E-state index contributed by atoms with van der Waals surface area (Å²) in [6.07, 6.45) is 2.35. The molecular weight excluding hydrogens is 264 g/mol. The Morgan fingerprint density at radius 2 is 2.24 bits per heavy atom. The number of likely N-dealkylation sites (N-methyl/N-ethyl adjacent to an activating group) is 1. The molecule has 1 atom stereocenters. The average molecular weight is 290 g/mol. The van der Waals surface area contributed by atoms with Gasteiger partial charge in [-0.1, -0.05) is 12.1 Å². The molecule has 0 saturated carbocycles. The quantitative estimate of drug-likeness (QED) is 0.826. The number of rotatable bonds is 4. The van der Waals surface area contributed by atoms with Gasteiger partial charge in [0.15, 0.2) is 0 Å². The fraction of sp³-hybridized carbons (Fsp3) is 0.562. The van der Waals surface area contributed by atoms with Crippen molar-refractivity contribution >= 4 is 17.3 Å². The number of hydrogen-bond acceptors (Lipinski definition) is 4. The van der Waals surface area contributed by atoms with Crippen LogP contribution >= 0.6 is 0 Å². The van der Waals surface area contributed by atoms with Crippen LogP contribution in [-0.4, -0.2) is 55.5 Å². The number of piperidine rings is 1. The van der Waals surface area contributed by atoms with Crippen molar-refractivity contribution in [2.45, 2.75) is 25.8 Å². The molecule has 21 heavy (non-hydrogen) atoms. The van der Waals surface area contributed by atoms with Crippen LogP contribution in [0.15, 0.2) is 18.2 Å². The summed E-state index contributed by atoms with van der Waals surface area (Å²) < 4.78 is 0. The second-order valence-corrected chi connectivity index (χ2v) is 6.08. The maximum atomic E-state index is 12.2. The zero-order valence-electron chi connectivity index (χ0n) is 13.2. The average Bonchev–Trinajstić information content (AvgIpc) is 2.43. The first-order chi connectivity index (χ1) is 9.97. The molecule has 1 unspecified atom stereocenters. The number of nitrogen functional groups attached to an aromatic ring is 1. The summed E-state index contributed by atoms with van der Waals surface area (Å²) in [5, 5.41) is 2.95. The third kappa shape index (κ3) is 4.19. The molecule has 0 aromatic heterocycles. The van der Waals surface area contributed by atoms with Gasteiger partial charge in [0.05, 0.1) is 17.9 Å². The van der Waals surface area contributed by atoms with Crippen LogP contribution in [0.3, 0.4) is 0 Å². The van der Waals surface area contributed by atoms with Crippen molar-refractivity contribution in [3.8, 4) is 0 Å². The largest absolute Gasteiger partial charge is 0.397 e. The molecule has 1 aromatic carbocycles. The minimum atomic E-state index is 0.00964. The molecule has 0 radical (unpaired) electrons. The normalized spacial score (nSPS) is 19.7. The van der Waals surface area contributed by atoms with Crippen molar-refractivity contribution in [1.82, 2.24) is 9.80 Å². The first kappa shape index (κ1) is 15.8. The highest BCUT2D eigenvalue weighted by Crippen LogP contribution is 2.22. The highest BCUT2D eigenvalue weighted by Gasteiger charge is 2.23. The van der Waals surface area contributed by atoms with Crippen LogP contribution in [0, 0.1) is 6.92 Å². The molecule has 1 aliphatic rings. The van der Waals surface area contributed by atoms with Crippen LogP contribution in [0.1, 0.15) is 18.4 Å². The second kappa shape index (κ2) is 6.91. The molecule has 1 amide bonds. The summed E-state index contributed by atoms with van der Waals surface area (Å²) in [5.74, 6) is 0.00964. The fourth-order valence-corrected chi connectivity index (χ4v) is 2.84. The molecule has 5 heteroatoms. The standard InChI is InChI=1S/C16H26N4O/c1-12-6-4-8-14(17)16(12)18-15(21)11-20-9-5-7-13(10-20)19(2)3/h4,6,8,13H,5,7,9-11,17H2,1-3H3,(H,18,21). The van der Waals surface area contributed by atoms with E-state index in [4.69, 9.17) is 5.73 Å². The SMILES string of the molecule is Cc1cccc(N)c1NC(=O)CN1CCCC(N(C)C)C1. The summed E-state index contributed by atoms with van der Waals surface area (Å²) in [6, 6.07) is 6.20. The van der Waals surface area contributed by atoms with Gasteiger partial charge in [0.25, 0.3) is 0 Å². The van der Waals surface area contributed by atoms with Crippen molar-refractivity contribution in [1.29, 1.82) is 0 Å². The highest BCUT2D eigenvalue weighted by atomic mass is 16.2. The second-order valence-electron chi connectivity index (χ2n) is 6.08. The van der Waals surface area contributed by atoms with E-state index in [1.54, 1.807) is 0 Å². The molecule has 3 N–H and O–H groups in total. The van der Waals surface area contributed by atoms with Crippen molar-refractivity contribution < 1.29 is 4.79 Å². The Morgan fingerprint density at radius 3 is 2.90 bits per heavy atom. The molecule has 1 aromatic rings.